The quantitative estimate of drug-likeness (QED) is 0.586. The zero-order chi connectivity index (χ0) is 9.38. The maximum atomic E-state index is 2.25. The third-order valence-electron chi connectivity index (χ3n) is 2.42. The molecule has 15 heavy (non-hydrogen) atoms. The van der Waals surface area contributed by atoms with E-state index in [1.165, 1.54) is 21.2 Å². The van der Waals surface area contributed by atoms with Gasteiger partial charge in [0.1, 0.15) is 0 Å². The number of benzene rings is 1. The zero-order valence-corrected chi connectivity index (χ0v) is 11.4. The molecule has 1 aromatic heterocycles. The minimum absolute atomic E-state index is 0. The van der Waals surface area contributed by atoms with E-state index >= 15 is 0 Å². The molecule has 0 saturated carbocycles. The third-order valence-corrected chi connectivity index (χ3v) is 3.34. The van der Waals surface area contributed by atoms with E-state index in [2.05, 4.69) is 53.9 Å². The molecule has 0 radical (unpaired) electrons. The number of rotatable bonds is 1. The van der Waals surface area contributed by atoms with Crippen molar-refractivity contribution in [3.63, 3.8) is 0 Å². The smallest absolute Gasteiger partial charge is 0 e. The van der Waals surface area contributed by atoms with Crippen molar-refractivity contribution in [3.05, 3.63) is 53.9 Å². The van der Waals surface area contributed by atoms with Gasteiger partial charge in [0.15, 0.2) is 0 Å². The Morgan fingerprint density at radius 1 is 1.00 bits per heavy atom. The van der Waals surface area contributed by atoms with Gasteiger partial charge in [-0.2, -0.15) is 11.3 Å². The summed E-state index contributed by atoms with van der Waals surface area (Å²) < 4.78 is 0. The molecule has 3 rings (SSSR count). The van der Waals surface area contributed by atoms with Gasteiger partial charge in [-0.05, 0) is 10.3 Å². The summed E-state index contributed by atoms with van der Waals surface area (Å²) in [5, 5.41) is 4.78. The maximum Gasteiger partial charge on any atom is 0 e. The Hall–Kier alpha value is -0.587. The van der Waals surface area contributed by atoms with Crippen LogP contribution in [0.5, 0.6) is 0 Å². The average molecular weight is 289 g/mol. The van der Waals surface area contributed by atoms with E-state index in [-0.39, 0.29) is 26.2 Å². The van der Waals surface area contributed by atoms with E-state index in [4.69, 9.17) is 0 Å². The maximum absolute atomic E-state index is 2.25. The van der Waals surface area contributed by atoms with Crippen LogP contribution in [-0.4, -0.2) is 0 Å². The summed E-state index contributed by atoms with van der Waals surface area (Å²) in [5.74, 6) is 0. The molecule has 2 heteroatoms. The molecular weight excluding hydrogens is 279 g/mol. The van der Waals surface area contributed by atoms with Gasteiger partial charge in [-0.25, -0.2) is 0 Å². The van der Waals surface area contributed by atoms with Gasteiger partial charge >= 0.3 is 0 Å². The van der Waals surface area contributed by atoms with E-state index in [0.29, 0.717) is 0 Å². The summed E-state index contributed by atoms with van der Waals surface area (Å²) in [6.45, 7) is 0. The minimum Gasteiger partial charge on any atom is -0.185 e. The van der Waals surface area contributed by atoms with Gasteiger partial charge in [-0.15, -0.1) is 34.5 Å². The fraction of sp³-hybridized carbons (Fsp3) is 0. The molecule has 0 fully saturated rings. The first-order valence-corrected chi connectivity index (χ1v) is 5.51. The molecule has 0 saturated heterocycles. The van der Waals surface area contributed by atoms with Crippen LogP contribution in [0.3, 0.4) is 0 Å². The Kier molecular flexibility index (Phi) is 3.28. The molecule has 0 aliphatic carbocycles. The first-order valence-electron chi connectivity index (χ1n) is 4.63. The van der Waals surface area contributed by atoms with Gasteiger partial charge in [0.05, 0.1) is 0 Å². The summed E-state index contributed by atoms with van der Waals surface area (Å²) in [6, 6.07) is 17.2. The molecule has 2 aromatic carbocycles. The van der Waals surface area contributed by atoms with Crippen molar-refractivity contribution < 1.29 is 26.2 Å². The van der Waals surface area contributed by atoms with Crippen molar-refractivity contribution in [1.82, 2.24) is 0 Å². The van der Waals surface area contributed by atoms with E-state index in [9.17, 15) is 0 Å². The number of thiophene rings is 1. The third kappa shape index (κ3) is 2.02. The second kappa shape index (κ2) is 4.51. The molecule has 0 atom stereocenters. The van der Waals surface area contributed by atoms with E-state index in [1.54, 1.807) is 11.3 Å². The van der Waals surface area contributed by atoms with Crippen LogP contribution >= 0.6 is 11.3 Å². The Morgan fingerprint density at radius 3 is 2.60 bits per heavy atom. The van der Waals surface area contributed by atoms with Gasteiger partial charge in [-0.1, -0.05) is 30.3 Å². The summed E-state index contributed by atoms with van der Waals surface area (Å²) in [7, 11) is 0. The Morgan fingerprint density at radius 2 is 1.87 bits per heavy atom. The summed E-state index contributed by atoms with van der Waals surface area (Å²) >= 11 is 1.79. The monoisotopic (exact) mass is 287 g/mol. The van der Waals surface area contributed by atoms with Crippen molar-refractivity contribution in [1.29, 1.82) is 0 Å². The van der Waals surface area contributed by atoms with Gasteiger partial charge in [0.25, 0.3) is 0 Å². The molecular formula is C13H9SZr-. The summed E-state index contributed by atoms with van der Waals surface area (Å²) in [6.07, 6.45) is 0. The molecule has 0 spiro atoms. The fourth-order valence-electron chi connectivity index (χ4n) is 1.74. The molecule has 0 unspecified atom stereocenters. The standard InChI is InChI=1S/C13H9S.Zr/c1-2-5-11-9-12(8-10(11)4-1)13-6-3-7-14-13;/h1-9H;/q-1;. The normalized spacial score (nSPS) is 10.1. The summed E-state index contributed by atoms with van der Waals surface area (Å²) in [5.41, 5.74) is 1.33. The van der Waals surface area contributed by atoms with Crippen LogP contribution in [0.1, 0.15) is 0 Å². The zero-order valence-electron chi connectivity index (χ0n) is 8.10. The predicted molar refractivity (Wildman–Crippen MR) is 62.9 cm³/mol. The molecule has 72 valence electrons. The average Bonchev–Trinajstić information content (AvgIpc) is 2.86. The molecule has 0 bridgehead atoms. The van der Waals surface area contributed by atoms with Crippen LogP contribution in [0.15, 0.2) is 53.9 Å². The largest absolute Gasteiger partial charge is 0.185 e. The van der Waals surface area contributed by atoms with Crippen LogP contribution < -0.4 is 0 Å². The van der Waals surface area contributed by atoms with Gasteiger partial charge in [0, 0.05) is 26.2 Å². The van der Waals surface area contributed by atoms with Crippen molar-refractivity contribution in [2.24, 2.45) is 0 Å². The Labute approximate surface area is 112 Å². The summed E-state index contributed by atoms with van der Waals surface area (Å²) in [4.78, 5) is 1.35. The fourth-order valence-corrected chi connectivity index (χ4v) is 2.45. The van der Waals surface area contributed by atoms with E-state index in [1.807, 2.05) is 0 Å². The molecule has 1 heterocycles. The van der Waals surface area contributed by atoms with Crippen LogP contribution in [0.4, 0.5) is 0 Å². The minimum atomic E-state index is 0. The van der Waals surface area contributed by atoms with Crippen LogP contribution in [0.25, 0.3) is 21.2 Å². The molecule has 0 aliphatic rings. The first kappa shape index (κ1) is 10.9. The number of hydrogen-bond acceptors (Lipinski definition) is 1. The van der Waals surface area contributed by atoms with Gasteiger partial charge in [0.2, 0.25) is 0 Å². The first-order chi connectivity index (χ1) is 6.93. The SMILES string of the molecule is [Zr].c1csc(-c2cc3ccccc3[cH-]2)c1. The molecule has 3 aromatic rings. The predicted octanol–water partition coefficient (Wildman–Crippen LogP) is 4.28. The second-order valence-corrected chi connectivity index (χ2v) is 4.30. The molecule has 0 aliphatic heterocycles. The number of fused-ring (bicyclic) bond motifs is 1. The van der Waals surface area contributed by atoms with Crippen molar-refractivity contribution in [2.75, 3.05) is 0 Å². The van der Waals surface area contributed by atoms with Crippen LogP contribution in [-0.2, 0) is 26.2 Å². The number of hydrogen-bond donors (Lipinski definition) is 0. The topological polar surface area (TPSA) is 0 Å². The van der Waals surface area contributed by atoms with E-state index < -0.39 is 0 Å². The van der Waals surface area contributed by atoms with Crippen molar-refractivity contribution >= 4 is 22.1 Å². The van der Waals surface area contributed by atoms with Gasteiger partial charge in [-0.3, -0.25) is 0 Å². The molecule has 0 nitrogen and oxygen atoms in total. The van der Waals surface area contributed by atoms with Crippen LogP contribution in [0.2, 0.25) is 0 Å². The second-order valence-electron chi connectivity index (χ2n) is 3.35. The Balaban J connectivity index is 0.000000853. The Bertz CT molecular complexity index is 516. The molecule has 0 amide bonds. The van der Waals surface area contributed by atoms with E-state index in [0.717, 1.165) is 0 Å². The van der Waals surface area contributed by atoms with Crippen molar-refractivity contribution in [3.8, 4) is 10.4 Å². The van der Waals surface area contributed by atoms with Crippen LogP contribution in [0, 0.1) is 0 Å². The van der Waals surface area contributed by atoms with Crippen molar-refractivity contribution in [2.45, 2.75) is 0 Å². The molecule has 0 N–H and O–H groups in total. The van der Waals surface area contributed by atoms with Gasteiger partial charge < -0.3 is 0 Å².